The van der Waals surface area contributed by atoms with Crippen molar-refractivity contribution in [2.24, 2.45) is 5.92 Å². The van der Waals surface area contributed by atoms with Crippen molar-refractivity contribution in [3.05, 3.63) is 40.8 Å². The monoisotopic (exact) mass is 415 g/mol. The molecule has 3 rings (SSSR count). The van der Waals surface area contributed by atoms with Crippen LogP contribution in [0.5, 0.6) is 0 Å². The Morgan fingerprint density at radius 2 is 1.90 bits per heavy atom. The molecule has 0 bridgehead atoms. The Hall–Kier alpha value is -2.61. The van der Waals surface area contributed by atoms with E-state index in [4.69, 9.17) is 0 Å². The normalized spacial score (nSPS) is 19.6. The average Bonchev–Trinajstić information content (AvgIpc) is 3.31. The van der Waals surface area contributed by atoms with Crippen LogP contribution in [0.1, 0.15) is 38.2 Å². The van der Waals surface area contributed by atoms with Gasteiger partial charge in [0, 0.05) is 20.0 Å². The minimum Gasteiger partial charge on any atom is -0.353 e. The molecule has 1 saturated carbocycles. The van der Waals surface area contributed by atoms with E-state index in [2.05, 4.69) is 10.6 Å². The third-order valence-corrected chi connectivity index (χ3v) is 6.03. The van der Waals surface area contributed by atoms with Gasteiger partial charge in [0.05, 0.1) is 4.91 Å². The Kier molecular flexibility index (Phi) is 7.09. The number of thioether (sulfide) groups is 1. The van der Waals surface area contributed by atoms with Crippen molar-refractivity contribution in [2.75, 3.05) is 13.1 Å². The Bertz CT molecular complexity index is 818. The topological polar surface area (TPSA) is 95.6 Å². The predicted octanol–water partition coefficient (Wildman–Crippen LogP) is 2.53. The number of rotatable bonds is 7. The van der Waals surface area contributed by atoms with E-state index in [1.807, 2.05) is 30.3 Å². The number of carbonyl (C=O) groups is 4. The minimum atomic E-state index is -0.567. The lowest BCUT2D eigenvalue weighted by atomic mass is 9.97. The van der Waals surface area contributed by atoms with Crippen molar-refractivity contribution in [1.29, 1.82) is 0 Å². The lowest BCUT2D eigenvalue weighted by molar-refractivity contribution is -0.129. The van der Waals surface area contributed by atoms with E-state index in [9.17, 15) is 19.2 Å². The highest BCUT2D eigenvalue weighted by atomic mass is 32.2. The van der Waals surface area contributed by atoms with Crippen LogP contribution >= 0.6 is 11.8 Å². The molecule has 1 aromatic rings. The van der Waals surface area contributed by atoms with Crippen molar-refractivity contribution in [1.82, 2.24) is 15.5 Å². The standard InChI is InChI=1S/C21H25N3O4S/c1-14(25)23-18(16-9-5-6-10-16)19(26)22-11-12-24-20(27)17(29-21(24)28)13-15-7-3-2-4-8-15/h2-4,7-8,13,16,18H,5-6,9-12H2,1H3,(H,22,26)(H,23,25)/b17-13+/t18-/m0/s1. The van der Waals surface area contributed by atoms with Gasteiger partial charge in [-0.15, -0.1) is 0 Å². The molecule has 1 heterocycles. The molecule has 2 N–H and O–H groups in total. The maximum atomic E-state index is 12.6. The van der Waals surface area contributed by atoms with Crippen molar-refractivity contribution >= 4 is 40.8 Å². The van der Waals surface area contributed by atoms with E-state index in [1.54, 1.807) is 6.08 Å². The van der Waals surface area contributed by atoms with Crippen molar-refractivity contribution in [3.8, 4) is 0 Å². The molecular formula is C21H25N3O4S. The smallest absolute Gasteiger partial charge is 0.293 e. The van der Waals surface area contributed by atoms with Crippen LogP contribution in [0.15, 0.2) is 35.2 Å². The van der Waals surface area contributed by atoms with Crippen LogP contribution in [0.25, 0.3) is 6.08 Å². The lowest BCUT2D eigenvalue weighted by Gasteiger charge is -2.23. The zero-order chi connectivity index (χ0) is 20.8. The molecule has 2 aliphatic rings. The van der Waals surface area contributed by atoms with Crippen LogP contribution in [0.4, 0.5) is 4.79 Å². The van der Waals surface area contributed by atoms with E-state index in [0.717, 1.165) is 47.9 Å². The van der Waals surface area contributed by atoms with Crippen molar-refractivity contribution in [3.63, 3.8) is 0 Å². The molecule has 0 spiro atoms. The first-order valence-corrected chi connectivity index (χ1v) is 10.6. The number of hydrogen-bond donors (Lipinski definition) is 2. The van der Waals surface area contributed by atoms with Crippen LogP contribution in [0.3, 0.4) is 0 Å². The van der Waals surface area contributed by atoms with Crippen LogP contribution in [-0.4, -0.2) is 47.0 Å². The largest absolute Gasteiger partial charge is 0.353 e. The first kappa shape index (κ1) is 21.1. The number of nitrogens with one attached hydrogen (secondary N) is 2. The van der Waals surface area contributed by atoms with Gasteiger partial charge in [-0.25, -0.2) is 0 Å². The Morgan fingerprint density at radius 1 is 1.21 bits per heavy atom. The highest BCUT2D eigenvalue weighted by Crippen LogP contribution is 2.32. The summed E-state index contributed by atoms with van der Waals surface area (Å²) in [4.78, 5) is 50.3. The summed E-state index contributed by atoms with van der Waals surface area (Å²) in [7, 11) is 0. The number of amides is 4. The average molecular weight is 416 g/mol. The molecule has 1 atom stereocenters. The van der Waals surface area contributed by atoms with Gasteiger partial charge in [-0.05, 0) is 42.2 Å². The zero-order valence-electron chi connectivity index (χ0n) is 16.3. The third kappa shape index (κ3) is 5.47. The molecule has 29 heavy (non-hydrogen) atoms. The van der Waals surface area contributed by atoms with Gasteiger partial charge in [0.25, 0.3) is 11.1 Å². The first-order valence-electron chi connectivity index (χ1n) is 9.81. The fraction of sp³-hybridized carbons (Fsp3) is 0.429. The molecule has 1 aliphatic carbocycles. The fourth-order valence-corrected chi connectivity index (χ4v) is 4.57. The van der Waals surface area contributed by atoms with E-state index in [-0.39, 0.29) is 42.0 Å². The SMILES string of the molecule is CC(=O)N[C@H](C(=O)NCCN1C(=O)S/C(=C/c2ccccc2)C1=O)C1CCCC1. The highest BCUT2D eigenvalue weighted by Gasteiger charge is 2.35. The number of carbonyl (C=O) groups excluding carboxylic acids is 4. The molecule has 7 nitrogen and oxygen atoms in total. The summed E-state index contributed by atoms with van der Waals surface area (Å²) in [5.74, 6) is -0.731. The maximum Gasteiger partial charge on any atom is 0.293 e. The number of nitrogens with zero attached hydrogens (tertiary/aromatic N) is 1. The second-order valence-electron chi connectivity index (χ2n) is 7.26. The van der Waals surface area contributed by atoms with Gasteiger partial charge < -0.3 is 10.6 Å². The molecule has 154 valence electrons. The van der Waals surface area contributed by atoms with Crippen molar-refractivity contribution < 1.29 is 19.2 Å². The van der Waals surface area contributed by atoms with E-state index in [1.165, 1.54) is 6.92 Å². The fourth-order valence-electron chi connectivity index (χ4n) is 3.70. The van der Waals surface area contributed by atoms with Crippen LogP contribution in [-0.2, 0) is 14.4 Å². The zero-order valence-corrected chi connectivity index (χ0v) is 17.2. The van der Waals surface area contributed by atoms with Gasteiger partial charge in [0.2, 0.25) is 11.8 Å². The van der Waals surface area contributed by atoms with Gasteiger partial charge in [-0.1, -0.05) is 43.2 Å². The summed E-state index contributed by atoms with van der Waals surface area (Å²) in [5.41, 5.74) is 0.848. The molecule has 4 amide bonds. The molecular weight excluding hydrogens is 390 g/mol. The summed E-state index contributed by atoms with van der Waals surface area (Å²) in [6.45, 7) is 1.65. The second kappa shape index (κ2) is 9.73. The van der Waals surface area contributed by atoms with Crippen LogP contribution in [0, 0.1) is 5.92 Å². The molecule has 1 saturated heterocycles. The Labute approximate surface area is 174 Å². The summed E-state index contributed by atoms with van der Waals surface area (Å²) < 4.78 is 0. The molecule has 1 aromatic carbocycles. The van der Waals surface area contributed by atoms with Crippen LogP contribution < -0.4 is 10.6 Å². The van der Waals surface area contributed by atoms with Crippen LogP contribution in [0.2, 0.25) is 0 Å². The van der Waals surface area contributed by atoms with E-state index < -0.39 is 6.04 Å². The highest BCUT2D eigenvalue weighted by molar-refractivity contribution is 8.18. The van der Waals surface area contributed by atoms with Gasteiger partial charge in [-0.2, -0.15) is 0 Å². The van der Waals surface area contributed by atoms with Gasteiger partial charge in [0.1, 0.15) is 6.04 Å². The molecule has 1 aliphatic heterocycles. The summed E-state index contributed by atoms with van der Waals surface area (Å²) in [6.07, 6.45) is 5.62. The van der Waals surface area contributed by atoms with Gasteiger partial charge >= 0.3 is 0 Å². The van der Waals surface area contributed by atoms with E-state index in [0.29, 0.717) is 4.91 Å². The lowest BCUT2D eigenvalue weighted by Crippen LogP contribution is -2.51. The van der Waals surface area contributed by atoms with Crippen molar-refractivity contribution in [2.45, 2.75) is 38.6 Å². The molecule has 8 heteroatoms. The Morgan fingerprint density at radius 3 is 2.55 bits per heavy atom. The number of hydrogen-bond acceptors (Lipinski definition) is 5. The summed E-state index contributed by atoms with van der Waals surface area (Å²) in [5, 5.41) is 5.16. The first-order chi connectivity index (χ1) is 14.0. The summed E-state index contributed by atoms with van der Waals surface area (Å²) >= 11 is 0.899. The van der Waals surface area contributed by atoms with E-state index >= 15 is 0 Å². The van der Waals surface area contributed by atoms with Gasteiger partial charge in [-0.3, -0.25) is 24.1 Å². The minimum absolute atomic E-state index is 0.0972. The predicted molar refractivity (Wildman–Crippen MR) is 112 cm³/mol. The molecule has 0 unspecified atom stereocenters. The maximum absolute atomic E-state index is 12.6. The molecule has 2 fully saturated rings. The number of benzene rings is 1. The Balaban J connectivity index is 1.55. The number of imide groups is 1. The second-order valence-corrected chi connectivity index (χ2v) is 8.25. The quantitative estimate of drug-likeness (QED) is 0.667. The van der Waals surface area contributed by atoms with Gasteiger partial charge in [0.15, 0.2) is 0 Å². The third-order valence-electron chi connectivity index (χ3n) is 5.12. The summed E-state index contributed by atoms with van der Waals surface area (Å²) in [6, 6.07) is 8.76. The molecule has 0 radical (unpaired) electrons. The molecule has 0 aromatic heterocycles.